The Bertz CT molecular complexity index is 1310. The minimum Gasteiger partial charge on any atom is -0.485 e. The van der Waals surface area contributed by atoms with Crippen LogP contribution in [-0.2, 0) is 19.7 Å². The first-order valence-corrected chi connectivity index (χ1v) is 14.7. The standard InChI is InChI=1S/C31H40ClF4N3O5/c1-30(2,3)19-13-18(32)7-8-22(19)38-39-11-9-17(10-12-39)29(42)37-23(15-25(41)44-31(4,5)6)24(40)16-43-28-26(35)20(33)14-21(34)27(28)36/h7-8,13-14,17,23-24,38,40H,9-12,15-16H2,1-6H3,(H,37,42). The van der Waals surface area contributed by atoms with Gasteiger partial charge in [0.15, 0.2) is 17.4 Å². The third kappa shape index (κ3) is 9.70. The molecule has 3 N–H and O–H groups in total. The topological polar surface area (TPSA) is 100 Å². The van der Waals surface area contributed by atoms with Gasteiger partial charge in [0, 0.05) is 30.1 Å². The van der Waals surface area contributed by atoms with Crippen LogP contribution in [0.15, 0.2) is 24.3 Å². The number of esters is 1. The van der Waals surface area contributed by atoms with Crippen molar-refractivity contribution in [2.24, 2.45) is 5.92 Å². The molecule has 0 aromatic heterocycles. The predicted molar refractivity (Wildman–Crippen MR) is 158 cm³/mol. The zero-order valence-electron chi connectivity index (χ0n) is 25.7. The molecule has 0 saturated carbocycles. The van der Waals surface area contributed by atoms with E-state index >= 15 is 0 Å². The van der Waals surface area contributed by atoms with Gasteiger partial charge in [-0.05, 0) is 62.8 Å². The molecule has 13 heteroatoms. The molecule has 0 bridgehead atoms. The molecule has 0 spiro atoms. The number of carbonyl (C=O) groups excluding carboxylic acids is 2. The number of piperidine rings is 1. The van der Waals surface area contributed by atoms with E-state index in [9.17, 15) is 32.3 Å². The molecule has 1 aliphatic heterocycles. The van der Waals surface area contributed by atoms with Crippen LogP contribution in [0.2, 0.25) is 5.02 Å². The minimum absolute atomic E-state index is 0.0271. The molecule has 2 atom stereocenters. The average molecular weight is 646 g/mol. The summed E-state index contributed by atoms with van der Waals surface area (Å²) in [4.78, 5) is 25.8. The normalized spacial score (nSPS) is 16.3. The average Bonchev–Trinajstić information content (AvgIpc) is 2.91. The number of rotatable bonds is 10. The highest BCUT2D eigenvalue weighted by Gasteiger charge is 2.33. The number of amides is 1. The molecule has 1 fully saturated rings. The number of hydrogen-bond acceptors (Lipinski definition) is 7. The lowest BCUT2D eigenvalue weighted by Crippen LogP contribution is -2.51. The van der Waals surface area contributed by atoms with Gasteiger partial charge in [0.25, 0.3) is 0 Å². The lowest BCUT2D eigenvalue weighted by Gasteiger charge is -2.35. The van der Waals surface area contributed by atoms with Gasteiger partial charge in [-0.15, -0.1) is 0 Å². The Hall–Kier alpha value is -3.09. The predicted octanol–water partition coefficient (Wildman–Crippen LogP) is 5.89. The van der Waals surface area contributed by atoms with Crippen LogP contribution < -0.4 is 15.5 Å². The Morgan fingerprint density at radius 1 is 1.02 bits per heavy atom. The number of nitrogens with one attached hydrogen (secondary N) is 2. The van der Waals surface area contributed by atoms with E-state index in [1.54, 1.807) is 26.8 Å². The van der Waals surface area contributed by atoms with Crippen LogP contribution >= 0.6 is 11.6 Å². The molecule has 44 heavy (non-hydrogen) atoms. The minimum atomic E-state index is -1.78. The van der Waals surface area contributed by atoms with Crippen molar-refractivity contribution in [1.29, 1.82) is 0 Å². The number of carbonyl (C=O) groups is 2. The van der Waals surface area contributed by atoms with Crippen molar-refractivity contribution in [2.45, 2.75) is 84.0 Å². The summed E-state index contributed by atoms with van der Waals surface area (Å²) in [5.41, 5.74) is 4.31. The van der Waals surface area contributed by atoms with Gasteiger partial charge in [-0.25, -0.2) is 13.8 Å². The van der Waals surface area contributed by atoms with Crippen molar-refractivity contribution in [1.82, 2.24) is 10.3 Å². The maximum atomic E-state index is 14.1. The number of hydrazine groups is 1. The number of aliphatic hydroxyl groups excluding tert-OH is 1. The molecule has 2 aromatic rings. The van der Waals surface area contributed by atoms with Crippen molar-refractivity contribution in [3.8, 4) is 5.75 Å². The molecule has 2 aromatic carbocycles. The molecule has 0 aliphatic carbocycles. The molecule has 8 nitrogen and oxygen atoms in total. The second-order valence-corrected chi connectivity index (χ2v) is 13.3. The summed E-state index contributed by atoms with van der Waals surface area (Å²) in [5, 5.41) is 16.0. The molecule has 3 rings (SSSR count). The van der Waals surface area contributed by atoms with Gasteiger partial charge in [-0.2, -0.15) is 8.78 Å². The third-order valence-corrected chi connectivity index (χ3v) is 7.24. The van der Waals surface area contributed by atoms with E-state index in [1.807, 2.05) is 17.1 Å². The molecule has 1 amide bonds. The van der Waals surface area contributed by atoms with E-state index < -0.39 is 77.6 Å². The highest BCUT2D eigenvalue weighted by molar-refractivity contribution is 6.30. The zero-order chi connectivity index (χ0) is 33.0. The number of hydrogen-bond donors (Lipinski definition) is 3. The summed E-state index contributed by atoms with van der Waals surface area (Å²) in [7, 11) is 0. The van der Waals surface area contributed by atoms with Crippen molar-refractivity contribution >= 4 is 29.2 Å². The first-order chi connectivity index (χ1) is 20.4. The fraction of sp³-hybridized carbons (Fsp3) is 0.548. The van der Waals surface area contributed by atoms with Gasteiger partial charge in [-0.3, -0.25) is 9.59 Å². The Morgan fingerprint density at radius 3 is 2.16 bits per heavy atom. The lowest BCUT2D eigenvalue weighted by molar-refractivity contribution is -0.156. The van der Waals surface area contributed by atoms with Crippen molar-refractivity contribution in [3.05, 3.63) is 58.1 Å². The summed E-state index contributed by atoms with van der Waals surface area (Å²) in [5.74, 6) is -9.96. The number of anilines is 1. The SMILES string of the molecule is CC(C)(C)OC(=O)CC(NC(=O)C1CCN(Nc2ccc(Cl)cc2C(C)(C)C)CC1)C(O)COc1c(F)c(F)cc(F)c1F. The highest BCUT2D eigenvalue weighted by Crippen LogP contribution is 2.33. The smallest absolute Gasteiger partial charge is 0.308 e. The summed E-state index contributed by atoms with van der Waals surface area (Å²) in [6.45, 7) is 11.3. The van der Waals surface area contributed by atoms with E-state index in [4.69, 9.17) is 21.1 Å². The second kappa shape index (κ2) is 14.3. The summed E-state index contributed by atoms with van der Waals surface area (Å²) < 4.78 is 65.5. The van der Waals surface area contributed by atoms with E-state index in [-0.39, 0.29) is 11.5 Å². The molecule has 1 aliphatic rings. The number of ether oxygens (including phenoxy) is 2. The van der Waals surface area contributed by atoms with Gasteiger partial charge in [0.2, 0.25) is 17.5 Å². The van der Waals surface area contributed by atoms with Crippen molar-refractivity contribution < 1.29 is 41.7 Å². The molecule has 244 valence electrons. The molecule has 1 heterocycles. The molecule has 0 radical (unpaired) electrons. The fourth-order valence-corrected chi connectivity index (χ4v) is 4.94. The first kappa shape index (κ1) is 35.4. The second-order valence-electron chi connectivity index (χ2n) is 12.9. The molecular formula is C31H40ClF4N3O5. The van der Waals surface area contributed by atoms with E-state index in [1.165, 1.54) is 0 Å². The number of nitrogens with zero attached hydrogens (tertiary/aromatic N) is 1. The molecule has 1 saturated heterocycles. The van der Waals surface area contributed by atoms with Crippen LogP contribution in [0.3, 0.4) is 0 Å². The van der Waals surface area contributed by atoms with Crippen molar-refractivity contribution in [2.75, 3.05) is 25.1 Å². The Morgan fingerprint density at radius 2 is 1.61 bits per heavy atom. The van der Waals surface area contributed by atoms with Gasteiger partial charge >= 0.3 is 5.97 Å². The lowest BCUT2D eigenvalue weighted by atomic mass is 9.86. The van der Waals surface area contributed by atoms with Crippen molar-refractivity contribution in [3.63, 3.8) is 0 Å². The fourth-order valence-electron chi connectivity index (χ4n) is 4.77. The molecule has 2 unspecified atom stereocenters. The first-order valence-electron chi connectivity index (χ1n) is 14.3. The maximum absolute atomic E-state index is 14.1. The van der Waals surface area contributed by atoms with E-state index in [0.29, 0.717) is 31.0 Å². The van der Waals surface area contributed by atoms with Crippen LogP contribution in [0.5, 0.6) is 5.75 Å². The zero-order valence-corrected chi connectivity index (χ0v) is 26.5. The quantitative estimate of drug-likeness (QED) is 0.168. The largest absolute Gasteiger partial charge is 0.485 e. The van der Waals surface area contributed by atoms with Gasteiger partial charge in [-0.1, -0.05) is 32.4 Å². The molecular weight excluding hydrogens is 606 g/mol. The van der Waals surface area contributed by atoms with E-state index in [0.717, 1.165) is 11.3 Å². The Balaban J connectivity index is 1.67. The van der Waals surface area contributed by atoms with Gasteiger partial charge in [0.1, 0.15) is 18.3 Å². The maximum Gasteiger partial charge on any atom is 0.308 e. The van der Waals surface area contributed by atoms with Gasteiger partial charge in [0.05, 0.1) is 18.2 Å². The monoisotopic (exact) mass is 645 g/mol. The van der Waals surface area contributed by atoms with Crippen LogP contribution in [0, 0.1) is 29.2 Å². The van der Waals surface area contributed by atoms with Gasteiger partial charge < -0.3 is 25.3 Å². The Kier molecular flexibility index (Phi) is 11.5. The van der Waals surface area contributed by atoms with Crippen LogP contribution in [0.4, 0.5) is 23.2 Å². The van der Waals surface area contributed by atoms with Crippen LogP contribution in [0.1, 0.15) is 66.4 Å². The number of halogens is 5. The number of benzene rings is 2. The van der Waals surface area contributed by atoms with E-state index in [2.05, 4.69) is 31.5 Å². The van der Waals surface area contributed by atoms with Crippen LogP contribution in [0.25, 0.3) is 0 Å². The highest BCUT2D eigenvalue weighted by atomic mass is 35.5. The Labute approximate surface area is 260 Å². The van der Waals surface area contributed by atoms with Crippen LogP contribution in [-0.4, -0.2) is 59.4 Å². The summed E-state index contributed by atoms with van der Waals surface area (Å²) in [6.07, 6.45) is -1.30. The number of aliphatic hydroxyl groups is 1. The summed E-state index contributed by atoms with van der Waals surface area (Å²) >= 11 is 6.22. The third-order valence-electron chi connectivity index (χ3n) is 7.00. The summed E-state index contributed by atoms with van der Waals surface area (Å²) in [6, 6.07) is 4.35.